The molecule has 1 aliphatic rings. The van der Waals surface area contributed by atoms with E-state index < -0.39 is 11.8 Å². The number of amides is 3. The zero-order valence-electron chi connectivity index (χ0n) is 20.0. The first-order valence-electron chi connectivity index (χ1n) is 11.3. The van der Waals surface area contributed by atoms with Crippen LogP contribution in [0.4, 0.5) is 0 Å². The number of carbonyl (C=O) groups is 5. The maximum absolute atomic E-state index is 11.8. The average molecular weight is 508 g/mol. The molecule has 0 saturated carbocycles. The topological polar surface area (TPSA) is 131 Å². The molecule has 0 saturated heterocycles. The van der Waals surface area contributed by atoms with Crippen LogP contribution in [0.1, 0.15) is 32.6 Å². The van der Waals surface area contributed by atoms with Gasteiger partial charge in [-0.25, -0.2) is 0 Å². The Labute approximate surface area is 210 Å². The lowest BCUT2D eigenvalue weighted by molar-refractivity contribution is -0.137. The standard InChI is InChI=1S/C24H33N3O7S/c1-18(20(29)6-5-19(2)28)4-7-22(35)26-12-17-34-15-3-14-33-16-11-25-21(30)10-13-27-23(31)8-9-24(27)32/h5-6,8-9H,1,3-4,7,10-17H2,2H3,(H,25,30)(H,26,35)/b6-5-. The lowest BCUT2D eigenvalue weighted by Crippen LogP contribution is -2.35. The summed E-state index contributed by atoms with van der Waals surface area (Å²) in [5.41, 5.74) is 0.398. The molecule has 0 aliphatic carbocycles. The van der Waals surface area contributed by atoms with Gasteiger partial charge in [0.25, 0.3) is 11.8 Å². The Hall–Kier alpha value is -3.02. The van der Waals surface area contributed by atoms with E-state index in [1.807, 2.05) is 0 Å². The van der Waals surface area contributed by atoms with Gasteiger partial charge in [-0.2, -0.15) is 0 Å². The van der Waals surface area contributed by atoms with E-state index in [0.29, 0.717) is 69.3 Å². The lowest BCUT2D eigenvalue weighted by Gasteiger charge is -2.13. The molecule has 0 aromatic heterocycles. The van der Waals surface area contributed by atoms with E-state index in [1.165, 1.54) is 31.2 Å². The SMILES string of the molecule is C=C(CCC(=S)NCCOCCCOCCNC(=O)CCN1C(=O)C=CC1=O)C(=O)/C=C\C(C)=O. The van der Waals surface area contributed by atoms with Crippen molar-refractivity contribution in [2.24, 2.45) is 0 Å². The van der Waals surface area contributed by atoms with E-state index in [9.17, 15) is 24.0 Å². The van der Waals surface area contributed by atoms with Crippen molar-refractivity contribution in [2.45, 2.75) is 32.6 Å². The number of nitrogens with zero attached hydrogens (tertiary/aromatic N) is 1. The summed E-state index contributed by atoms with van der Waals surface area (Å²) in [4.78, 5) is 58.8. The second-order valence-corrected chi connectivity index (χ2v) is 8.09. The normalized spacial score (nSPS) is 12.9. The van der Waals surface area contributed by atoms with Crippen LogP contribution in [0.5, 0.6) is 0 Å². The minimum Gasteiger partial charge on any atom is -0.380 e. The quantitative estimate of drug-likeness (QED) is 0.113. The second kappa shape index (κ2) is 17.4. The van der Waals surface area contributed by atoms with Gasteiger partial charge < -0.3 is 20.1 Å². The molecule has 0 spiro atoms. The van der Waals surface area contributed by atoms with Gasteiger partial charge in [0.05, 0.1) is 18.2 Å². The Morgan fingerprint density at radius 3 is 2.14 bits per heavy atom. The van der Waals surface area contributed by atoms with Crippen molar-refractivity contribution < 1.29 is 33.4 Å². The number of ketones is 2. The van der Waals surface area contributed by atoms with Gasteiger partial charge in [0.2, 0.25) is 5.91 Å². The molecule has 3 amide bonds. The van der Waals surface area contributed by atoms with Gasteiger partial charge in [-0.1, -0.05) is 18.8 Å². The molecule has 11 heteroatoms. The van der Waals surface area contributed by atoms with Crippen molar-refractivity contribution in [1.82, 2.24) is 15.5 Å². The van der Waals surface area contributed by atoms with Crippen molar-refractivity contribution in [1.29, 1.82) is 0 Å². The number of thiocarbonyl (C=S) groups is 1. The third kappa shape index (κ3) is 14.1. The van der Waals surface area contributed by atoms with Gasteiger partial charge >= 0.3 is 0 Å². The monoisotopic (exact) mass is 507 g/mol. The predicted octanol–water partition coefficient (Wildman–Crippen LogP) is 0.809. The Kier molecular flexibility index (Phi) is 14.9. The van der Waals surface area contributed by atoms with Crippen molar-refractivity contribution in [3.8, 4) is 0 Å². The molecule has 1 aliphatic heterocycles. The lowest BCUT2D eigenvalue weighted by atomic mass is 10.1. The summed E-state index contributed by atoms with van der Waals surface area (Å²) in [6.07, 6.45) is 6.47. The number of hydrogen-bond donors (Lipinski definition) is 2. The maximum atomic E-state index is 11.8. The molecule has 0 atom stereocenters. The average Bonchev–Trinajstić information content (AvgIpc) is 3.14. The van der Waals surface area contributed by atoms with Crippen molar-refractivity contribution in [2.75, 3.05) is 46.1 Å². The van der Waals surface area contributed by atoms with Crippen molar-refractivity contribution >= 4 is 46.5 Å². The molecule has 35 heavy (non-hydrogen) atoms. The summed E-state index contributed by atoms with van der Waals surface area (Å²) >= 11 is 5.22. The van der Waals surface area contributed by atoms with Crippen LogP contribution in [0, 0.1) is 0 Å². The molecule has 0 unspecified atom stereocenters. The molecule has 0 aromatic carbocycles. The molecule has 0 bridgehead atoms. The van der Waals surface area contributed by atoms with Crippen LogP contribution in [0.3, 0.4) is 0 Å². The van der Waals surface area contributed by atoms with Crippen molar-refractivity contribution in [3.05, 3.63) is 36.5 Å². The molecule has 0 fully saturated rings. The minimum atomic E-state index is -0.401. The zero-order chi connectivity index (χ0) is 26.1. The predicted molar refractivity (Wildman–Crippen MR) is 134 cm³/mol. The number of rotatable bonds is 19. The summed E-state index contributed by atoms with van der Waals surface area (Å²) in [5, 5.41) is 5.73. The van der Waals surface area contributed by atoms with Crippen molar-refractivity contribution in [3.63, 3.8) is 0 Å². The van der Waals surface area contributed by atoms with E-state index >= 15 is 0 Å². The zero-order valence-corrected chi connectivity index (χ0v) is 20.8. The molecule has 192 valence electrons. The third-order valence-electron chi connectivity index (χ3n) is 4.65. The van der Waals surface area contributed by atoms with Gasteiger partial charge in [0.1, 0.15) is 0 Å². The minimum absolute atomic E-state index is 0.0514. The summed E-state index contributed by atoms with van der Waals surface area (Å²) in [7, 11) is 0. The van der Waals surface area contributed by atoms with Gasteiger partial charge in [-0.15, -0.1) is 0 Å². The highest BCUT2D eigenvalue weighted by Gasteiger charge is 2.23. The van der Waals surface area contributed by atoms with Gasteiger partial charge in [0, 0.05) is 57.8 Å². The van der Waals surface area contributed by atoms with Crippen LogP contribution >= 0.6 is 12.2 Å². The highest BCUT2D eigenvalue weighted by atomic mass is 32.1. The summed E-state index contributed by atoms with van der Waals surface area (Å²) in [6.45, 7) is 7.84. The van der Waals surface area contributed by atoms with Crippen LogP contribution in [0.25, 0.3) is 0 Å². The van der Waals surface area contributed by atoms with Gasteiger partial charge in [0.15, 0.2) is 11.6 Å². The number of nitrogens with one attached hydrogen (secondary N) is 2. The number of ether oxygens (including phenoxy) is 2. The Bertz CT molecular complexity index is 849. The fourth-order valence-corrected chi connectivity index (χ4v) is 2.94. The number of imide groups is 1. The van der Waals surface area contributed by atoms with E-state index in [1.54, 1.807) is 0 Å². The van der Waals surface area contributed by atoms with Gasteiger partial charge in [-0.05, 0) is 37.5 Å². The Balaban J connectivity index is 1.91. The summed E-state index contributed by atoms with van der Waals surface area (Å²) in [6, 6.07) is 0. The summed E-state index contributed by atoms with van der Waals surface area (Å²) < 4.78 is 10.9. The Morgan fingerprint density at radius 2 is 1.54 bits per heavy atom. The number of allylic oxidation sites excluding steroid dienone is 3. The van der Waals surface area contributed by atoms with Crippen LogP contribution in [0.15, 0.2) is 36.5 Å². The molecule has 0 aromatic rings. The van der Waals surface area contributed by atoms with E-state index in [2.05, 4.69) is 17.2 Å². The van der Waals surface area contributed by atoms with Crippen LogP contribution < -0.4 is 10.6 Å². The van der Waals surface area contributed by atoms with E-state index in [-0.39, 0.29) is 30.4 Å². The first-order chi connectivity index (χ1) is 16.7. The molecule has 0 radical (unpaired) electrons. The molecule has 10 nitrogen and oxygen atoms in total. The highest BCUT2D eigenvalue weighted by molar-refractivity contribution is 7.80. The van der Waals surface area contributed by atoms with Gasteiger partial charge in [-0.3, -0.25) is 28.9 Å². The smallest absolute Gasteiger partial charge is 0.253 e. The first kappa shape index (κ1) is 30.0. The third-order valence-corrected chi connectivity index (χ3v) is 5.00. The fraction of sp³-hybridized carbons (Fsp3) is 0.500. The number of hydrogen-bond acceptors (Lipinski definition) is 8. The molecular weight excluding hydrogens is 474 g/mol. The largest absolute Gasteiger partial charge is 0.380 e. The molecule has 1 rings (SSSR count). The summed E-state index contributed by atoms with van der Waals surface area (Å²) in [5.74, 6) is -1.52. The van der Waals surface area contributed by atoms with Crippen LogP contribution in [-0.4, -0.2) is 85.2 Å². The molecule has 2 N–H and O–H groups in total. The van der Waals surface area contributed by atoms with E-state index in [0.717, 1.165) is 4.90 Å². The van der Waals surface area contributed by atoms with Crippen LogP contribution in [-0.2, 0) is 33.4 Å². The molecule has 1 heterocycles. The van der Waals surface area contributed by atoms with E-state index in [4.69, 9.17) is 21.7 Å². The first-order valence-corrected chi connectivity index (χ1v) is 11.7. The fourth-order valence-electron chi connectivity index (χ4n) is 2.73. The Morgan fingerprint density at radius 1 is 0.943 bits per heavy atom. The maximum Gasteiger partial charge on any atom is 0.253 e. The molecular formula is C24H33N3O7S. The highest BCUT2D eigenvalue weighted by Crippen LogP contribution is 2.06. The number of carbonyl (C=O) groups excluding carboxylic acids is 5. The van der Waals surface area contributed by atoms with Crippen LogP contribution in [0.2, 0.25) is 0 Å². The second-order valence-electron chi connectivity index (χ2n) is 7.60.